The van der Waals surface area contributed by atoms with Gasteiger partial charge in [0.2, 0.25) is 10.0 Å². The van der Waals surface area contributed by atoms with Crippen LogP contribution in [0.15, 0.2) is 47.6 Å². The van der Waals surface area contributed by atoms with Gasteiger partial charge in [-0.1, -0.05) is 6.07 Å². The number of benzene rings is 1. The van der Waals surface area contributed by atoms with Crippen molar-refractivity contribution in [2.75, 3.05) is 5.73 Å². The number of nitrogen functional groups attached to an aromatic ring is 1. The van der Waals surface area contributed by atoms with E-state index in [1.807, 2.05) is 6.92 Å². The Morgan fingerprint density at radius 1 is 1.21 bits per heavy atom. The molecule has 1 heterocycles. The topological polar surface area (TPSA) is 85.1 Å². The minimum absolute atomic E-state index is 0.171. The lowest BCUT2D eigenvalue weighted by atomic mass is 10.2. The summed E-state index contributed by atoms with van der Waals surface area (Å²) in [5.74, 6) is 0. The maximum Gasteiger partial charge on any atom is 0.240 e. The molecule has 0 fully saturated rings. The van der Waals surface area contributed by atoms with Crippen LogP contribution in [-0.2, 0) is 16.6 Å². The maximum absolute atomic E-state index is 12.1. The molecule has 0 saturated carbocycles. The number of aryl methyl sites for hydroxylation is 1. The van der Waals surface area contributed by atoms with Crippen LogP contribution in [0, 0.1) is 6.92 Å². The molecule has 0 aliphatic rings. The van der Waals surface area contributed by atoms with Gasteiger partial charge < -0.3 is 5.73 Å². The van der Waals surface area contributed by atoms with E-state index in [1.54, 1.807) is 36.7 Å². The smallest absolute Gasteiger partial charge is 0.240 e. The van der Waals surface area contributed by atoms with E-state index in [0.717, 1.165) is 11.1 Å². The molecule has 0 aliphatic carbocycles. The molecule has 19 heavy (non-hydrogen) atoms. The number of nitrogens with one attached hydrogen (secondary N) is 1. The number of rotatable bonds is 4. The number of hydrogen-bond acceptors (Lipinski definition) is 4. The van der Waals surface area contributed by atoms with Crippen molar-refractivity contribution >= 4 is 15.7 Å². The van der Waals surface area contributed by atoms with E-state index in [2.05, 4.69) is 9.71 Å². The van der Waals surface area contributed by atoms with Crippen LogP contribution in [0.4, 0.5) is 5.69 Å². The van der Waals surface area contributed by atoms with Gasteiger partial charge in [0.05, 0.1) is 4.90 Å². The van der Waals surface area contributed by atoms with E-state index >= 15 is 0 Å². The van der Waals surface area contributed by atoms with Crippen molar-refractivity contribution in [2.24, 2.45) is 0 Å². The third kappa shape index (κ3) is 3.30. The van der Waals surface area contributed by atoms with Gasteiger partial charge in [-0.2, -0.15) is 0 Å². The van der Waals surface area contributed by atoms with Crippen LogP contribution in [-0.4, -0.2) is 13.4 Å². The molecular formula is C13H15N3O2S. The van der Waals surface area contributed by atoms with Gasteiger partial charge in [-0.25, -0.2) is 13.1 Å². The highest BCUT2D eigenvalue weighted by Crippen LogP contribution is 2.17. The highest BCUT2D eigenvalue weighted by atomic mass is 32.2. The second-order valence-electron chi connectivity index (χ2n) is 4.20. The van der Waals surface area contributed by atoms with E-state index in [1.165, 1.54) is 6.07 Å². The zero-order valence-electron chi connectivity index (χ0n) is 10.5. The predicted octanol–water partition coefficient (Wildman–Crippen LogP) is 1.45. The molecule has 1 aromatic carbocycles. The fraction of sp³-hybridized carbons (Fsp3) is 0.154. The van der Waals surface area contributed by atoms with Gasteiger partial charge in [0, 0.05) is 24.6 Å². The van der Waals surface area contributed by atoms with Crippen LogP contribution in [0.5, 0.6) is 0 Å². The van der Waals surface area contributed by atoms with E-state index in [0.29, 0.717) is 5.69 Å². The van der Waals surface area contributed by atoms with E-state index in [4.69, 9.17) is 5.73 Å². The highest BCUT2D eigenvalue weighted by molar-refractivity contribution is 7.89. The van der Waals surface area contributed by atoms with Crippen LogP contribution in [0.25, 0.3) is 0 Å². The normalized spacial score (nSPS) is 11.4. The summed E-state index contributed by atoms with van der Waals surface area (Å²) < 4.78 is 26.7. The van der Waals surface area contributed by atoms with Gasteiger partial charge in [-0.15, -0.1) is 0 Å². The molecule has 100 valence electrons. The predicted molar refractivity (Wildman–Crippen MR) is 73.9 cm³/mol. The van der Waals surface area contributed by atoms with Gasteiger partial charge in [-0.3, -0.25) is 4.98 Å². The number of pyridine rings is 1. The van der Waals surface area contributed by atoms with Gasteiger partial charge in [-0.05, 0) is 42.3 Å². The second kappa shape index (κ2) is 5.38. The molecule has 5 nitrogen and oxygen atoms in total. The monoisotopic (exact) mass is 277 g/mol. The molecular weight excluding hydrogens is 262 g/mol. The summed E-state index contributed by atoms with van der Waals surface area (Å²) in [7, 11) is -3.55. The summed E-state index contributed by atoms with van der Waals surface area (Å²) in [6, 6.07) is 8.21. The Bertz CT molecular complexity index is 670. The van der Waals surface area contributed by atoms with E-state index < -0.39 is 10.0 Å². The number of nitrogens with two attached hydrogens (primary N) is 1. The molecule has 0 radical (unpaired) electrons. The van der Waals surface area contributed by atoms with Crippen molar-refractivity contribution in [1.82, 2.24) is 9.71 Å². The first kappa shape index (κ1) is 13.5. The Kier molecular flexibility index (Phi) is 3.82. The minimum atomic E-state index is -3.55. The van der Waals surface area contributed by atoms with Crippen molar-refractivity contribution in [3.8, 4) is 0 Å². The Hall–Kier alpha value is -1.92. The summed E-state index contributed by atoms with van der Waals surface area (Å²) in [4.78, 5) is 4.05. The first-order valence-corrected chi connectivity index (χ1v) is 7.22. The van der Waals surface area contributed by atoms with Crippen LogP contribution >= 0.6 is 0 Å². The van der Waals surface area contributed by atoms with Crippen molar-refractivity contribution in [3.05, 3.63) is 53.9 Å². The highest BCUT2D eigenvalue weighted by Gasteiger charge is 2.14. The Morgan fingerprint density at radius 2 is 1.89 bits per heavy atom. The second-order valence-corrected chi connectivity index (χ2v) is 5.97. The molecule has 0 aliphatic heterocycles. The van der Waals surface area contributed by atoms with E-state index in [9.17, 15) is 8.42 Å². The molecule has 2 rings (SSSR count). The van der Waals surface area contributed by atoms with E-state index in [-0.39, 0.29) is 11.4 Å². The van der Waals surface area contributed by atoms with Crippen molar-refractivity contribution in [2.45, 2.75) is 18.4 Å². The van der Waals surface area contributed by atoms with Gasteiger partial charge in [0.25, 0.3) is 0 Å². The summed E-state index contributed by atoms with van der Waals surface area (Å²) in [6.07, 6.45) is 3.24. The molecule has 3 N–H and O–H groups in total. The number of anilines is 1. The fourth-order valence-electron chi connectivity index (χ4n) is 1.55. The average molecular weight is 277 g/mol. The molecule has 0 bridgehead atoms. The molecule has 0 atom stereocenters. The molecule has 2 aromatic rings. The minimum Gasteiger partial charge on any atom is -0.398 e. The molecule has 1 aromatic heterocycles. The van der Waals surface area contributed by atoms with Crippen LogP contribution in [0.1, 0.15) is 11.1 Å². The SMILES string of the molecule is Cc1ccc(S(=O)(=O)NCc2ccncc2)cc1N. The molecule has 0 unspecified atom stereocenters. The summed E-state index contributed by atoms with van der Waals surface area (Å²) >= 11 is 0. The third-order valence-corrected chi connectivity index (χ3v) is 4.18. The largest absolute Gasteiger partial charge is 0.398 e. The summed E-state index contributed by atoms with van der Waals surface area (Å²) in [5, 5.41) is 0. The molecule has 0 saturated heterocycles. The fourth-order valence-corrected chi connectivity index (χ4v) is 2.60. The molecule has 0 spiro atoms. The van der Waals surface area contributed by atoms with Crippen molar-refractivity contribution in [1.29, 1.82) is 0 Å². The summed E-state index contributed by atoms with van der Waals surface area (Å²) in [6.45, 7) is 2.05. The number of sulfonamides is 1. The molecule has 6 heteroatoms. The van der Waals surface area contributed by atoms with Crippen LogP contribution < -0.4 is 10.5 Å². The third-order valence-electron chi connectivity index (χ3n) is 2.78. The molecule has 0 amide bonds. The number of hydrogen-bond donors (Lipinski definition) is 2. The lowest BCUT2D eigenvalue weighted by Crippen LogP contribution is -2.23. The Labute approximate surface area is 112 Å². The lowest BCUT2D eigenvalue weighted by molar-refractivity contribution is 0.581. The first-order valence-electron chi connectivity index (χ1n) is 5.74. The van der Waals surface area contributed by atoms with Crippen LogP contribution in [0.2, 0.25) is 0 Å². The van der Waals surface area contributed by atoms with Gasteiger partial charge in [0.1, 0.15) is 0 Å². The van der Waals surface area contributed by atoms with Gasteiger partial charge >= 0.3 is 0 Å². The quantitative estimate of drug-likeness (QED) is 0.828. The van der Waals surface area contributed by atoms with Gasteiger partial charge in [0.15, 0.2) is 0 Å². The zero-order valence-corrected chi connectivity index (χ0v) is 11.3. The zero-order chi connectivity index (χ0) is 13.9. The maximum atomic E-state index is 12.1. The van der Waals surface area contributed by atoms with Crippen molar-refractivity contribution in [3.63, 3.8) is 0 Å². The summed E-state index contributed by atoms with van der Waals surface area (Å²) in [5.41, 5.74) is 7.89. The Balaban J connectivity index is 2.16. The number of aromatic nitrogens is 1. The lowest BCUT2D eigenvalue weighted by Gasteiger charge is -2.08. The number of nitrogens with zero attached hydrogens (tertiary/aromatic N) is 1. The van der Waals surface area contributed by atoms with Crippen LogP contribution in [0.3, 0.4) is 0 Å². The van der Waals surface area contributed by atoms with Crippen molar-refractivity contribution < 1.29 is 8.42 Å². The Morgan fingerprint density at radius 3 is 2.53 bits per heavy atom. The average Bonchev–Trinajstić information content (AvgIpc) is 2.41. The standard InChI is InChI=1S/C13H15N3O2S/c1-10-2-3-12(8-13(10)14)19(17,18)16-9-11-4-6-15-7-5-11/h2-8,16H,9,14H2,1H3. The first-order chi connectivity index (χ1) is 8.99.